The maximum Gasteiger partial charge on any atom is 0.442 e. The molecule has 6 amide bonds. The van der Waals surface area contributed by atoms with E-state index >= 15 is 0 Å². The lowest BCUT2D eigenvalue weighted by Crippen LogP contribution is -2.47. The molecule has 1 aromatic rings. The van der Waals surface area contributed by atoms with Crippen LogP contribution in [0.25, 0.3) is 0 Å². The van der Waals surface area contributed by atoms with Crippen LogP contribution in [0.2, 0.25) is 0 Å². The molecule has 1 aromatic carbocycles. The minimum Gasteiger partial charge on any atom is -0.462 e. The van der Waals surface area contributed by atoms with Gasteiger partial charge in [0.25, 0.3) is 11.8 Å². The zero-order chi connectivity index (χ0) is 96.8. The van der Waals surface area contributed by atoms with Crippen molar-refractivity contribution < 1.29 is 119 Å². The van der Waals surface area contributed by atoms with Crippen molar-refractivity contribution in [1.82, 2.24) is 41.7 Å². The molecule has 0 spiro atoms. The van der Waals surface area contributed by atoms with E-state index in [9.17, 15) is 66.5 Å². The second kappa shape index (κ2) is 60.4. The molecular formula is C94H152F3N11O22S. The van der Waals surface area contributed by atoms with E-state index in [4.69, 9.17) is 52.2 Å². The number of thioether (sulfide) groups is 1. The Kier molecular flexibility index (Phi) is 52.3. The van der Waals surface area contributed by atoms with E-state index in [-0.39, 0.29) is 124 Å². The van der Waals surface area contributed by atoms with Crippen LogP contribution in [0.3, 0.4) is 0 Å². The third-order valence-corrected chi connectivity index (χ3v) is 26.3. The molecule has 131 heavy (non-hydrogen) atoms. The number of nitrogens with zero attached hydrogens (tertiary/aromatic N) is 5. The number of esters is 4. The van der Waals surface area contributed by atoms with E-state index in [0.717, 1.165) is 49.1 Å². The molecule has 4 heterocycles. The average molecular weight is 1880 g/mol. The lowest BCUT2D eigenvalue weighted by atomic mass is 9.82. The van der Waals surface area contributed by atoms with Crippen LogP contribution in [0.5, 0.6) is 0 Å². The van der Waals surface area contributed by atoms with Crippen molar-refractivity contribution in [1.29, 1.82) is 0 Å². The molecule has 8 N–H and O–H groups in total. The second-order valence-electron chi connectivity index (χ2n) is 35.6. The van der Waals surface area contributed by atoms with Crippen molar-refractivity contribution in [3.8, 4) is 0 Å². The number of unbranched alkanes of at least 4 members (excludes halogenated alkanes) is 2. The number of halogens is 3. The zero-order valence-electron chi connectivity index (χ0n) is 80.1. The minimum atomic E-state index is -4.78. The van der Waals surface area contributed by atoms with E-state index in [1.165, 1.54) is 44.5 Å². The zero-order valence-corrected chi connectivity index (χ0v) is 80.9. The molecule has 0 bridgehead atoms. The normalized spacial score (nSPS) is 25.1. The molecule has 0 aliphatic carbocycles. The first kappa shape index (κ1) is 114. The highest BCUT2D eigenvalue weighted by Gasteiger charge is 2.65. The van der Waals surface area contributed by atoms with Crippen molar-refractivity contribution in [2.24, 2.45) is 56.8 Å². The standard InChI is InChI=1S/C94H152F3N11O22S/c1-60-35-36-61(2)76(122-17)43-37-62(3)86(114)66(7)78(130-91(118)75(57-120-15)108(13)14)30-19-18-20-34-83(112)128-77(31-25-28-72(56-60)121-16)65(6)85(113)63(4)38-44-79(129-90(117)68(9)107(11)12)67(8)87(127-69(10)109)64(5)45-49-101-126-58-82(111)99-46-24-23-29-73(102-88(115)70-39-41-71(42-40-70)93(105-106-93)94(95,96)97)89(116)100-48-27-51-124-53-55-125-54-52-123-50-26-47-98-81(110)33-22-21-32-80-84-74(59-131-80)103-92(119)104-84/h18-20,25,28,34,36,39-42,49,60,62-68,72-80,84-87,113-114H,21-24,26-27,29-33,35,37-38,43-48,50-59H2,1-17H3,(H,98,110)(H,99,111)(H,100,116)(H,102,115)(H2,103,104,119)/b19-18+,28-25+,34-20+,61-36+,101-49+/t60-,62-,63+,64-,65-,66-,67+,68+,72+,73+,74+,75+,76+,77+,78?,79-,80+,84+,85+,86-,87-/m1/s1. The third-order valence-electron chi connectivity index (χ3n) is 24.8. The van der Waals surface area contributed by atoms with Gasteiger partial charge in [0.15, 0.2) is 6.61 Å². The van der Waals surface area contributed by atoms with Crippen molar-refractivity contribution in [3.63, 3.8) is 0 Å². The van der Waals surface area contributed by atoms with Gasteiger partial charge >= 0.3 is 41.7 Å². The SMILES string of the molecule is COC[C@@H](C(=O)OC1C/C=C/C=C/C(=O)O[C@H]([C@@H](C)[C@@H](O)[C@@H](C)CC[C@@H](OC(=O)[C@H](C)N(C)C)[C@H](C)[C@H](OC(C)=O)[C@H](C)C/C=N/OCC(=O)NCCCC[C@H](NC(=O)c2ccc(C3(C(F)(F)F)N=N3)cc2)C(=O)NCCCOCCOCCOCCCNC(=O)CCCC[C@@H]2SC[C@@H]3NC(=O)N[C@@H]32)C/C=C/[C@H](OC)C[C@H](C)C/C=C(\C)[C@@H](OC)CC[C@@H](C)[C@@H](O)[C@@H]1C)N(C)C. The highest BCUT2D eigenvalue weighted by molar-refractivity contribution is 8.00. The highest BCUT2D eigenvalue weighted by Crippen LogP contribution is 2.52. The van der Waals surface area contributed by atoms with Gasteiger partial charge in [-0.25, -0.2) is 9.59 Å². The molecule has 33 nitrogen and oxygen atoms in total. The molecule has 1 unspecified atom stereocenters. The molecule has 4 aliphatic heterocycles. The van der Waals surface area contributed by atoms with E-state index in [1.54, 1.807) is 71.3 Å². The van der Waals surface area contributed by atoms with Crippen LogP contribution in [0.4, 0.5) is 18.0 Å². The van der Waals surface area contributed by atoms with Crippen LogP contribution in [0.1, 0.15) is 201 Å². The number of allylic oxidation sites excluding steroid dienone is 3. The number of likely N-dealkylation sites (N-methyl/N-ethyl adjacent to an activating group) is 2. The van der Waals surface area contributed by atoms with Crippen molar-refractivity contribution in [3.05, 3.63) is 83.5 Å². The van der Waals surface area contributed by atoms with Crippen molar-refractivity contribution in [2.75, 3.05) is 128 Å². The van der Waals surface area contributed by atoms with Crippen LogP contribution in [-0.4, -0.2) is 298 Å². The number of hydrogen-bond donors (Lipinski definition) is 8. The van der Waals surface area contributed by atoms with E-state index in [2.05, 4.69) is 60.3 Å². The average Bonchev–Trinajstić information content (AvgIpc) is 1.58. The lowest BCUT2D eigenvalue weighted by Gasteiger charge is -2.35. The number of fused-ring (bicyclic) bond motifs is 1. The van der Waals surface area contributed by atoms with Gasteiger partial charge in [0.05, 0.1) is 69.5 Å². The van der Waals surface area contributed by atoms with E-state index < -0.39 is 144 Å². The smallest absolute Gasteiger partial charge is 0.442 e. The Balaban J connectivity index is 1.13. The molecule has 742 valence electrons. The number of benzene rings is 1. The number of hydrogen-bond acceptors (Lipinski definition) is 28. The van der Waals surface area contributed by atoms with Gasteiger partial charge in [-0.2, -0.15) is 24.9 Å². The molecule has 2 saturated heterocycles. The van der Waals surface area contributed by atoms with Gasteiger partial charge < -0.3 is 94.3 Å². The number of carbonyl (C=O) groups excluding carboxylic acids is 9. The first-order chi connectivity index (χ1) is 62.4. The summed E-state index contributed by atoms with van der Waals surface area (Å²) in [5.41, 5.74) is -1.89. The number of aliphatic hydroxyl groups is 2. The molecule has 4 aliphatic rings. The molecule has 2 fully saturated rings. The fraction of sp³-hybridized carbons (Fsp3) is 0.745. The van der Waals surface area contributed by atoms with E-state index in [1.807, 2.05) is 72.4 Å². The summed E-state index contributed by atoms with van der Waals surface area (Å²) in [5.74, 6) is -5.84. The van der Waals surface area contributed by atoms with Crippen LogP contribution in [0.15, 0.2) is 87.8 Å². The Labute approximate surface area is 777 Å². The number of methoxy groups -OCH3 is 3. The summed E-state index contributed by atoms with van der Waals surface area (Å²) in [6, 6.07) is 2.41. The monoisotopic (exact) mass is 1880 g/mol. The maximum atomic E-state index is 13.9. The quantitative estimate of drug-likeness (QED) is 0.00571. The topological polar surface area (TPSA) is 411 Å². The summed E-state index contributed by atoms with van der Waals surface area (Å²) >= 11 is 1.86. The number of urea groups is 1. The Hall–Kier alpha value is -7.98. The first-order valence-corrected chi connectivity index (χ1v) is 47.4. The summed E-state index contributed by atoms with van der Waals surface area (Å²) in [6.07, 6.45) is 12.0. The second-order valence-corrected chi connectivity index (χ2v) is 36.9. The van der Waals surface area contributed by atoms with Crippen molar-refractivity contribution >= 4 is 71.5 Å². The first-order valence-electron chi connectivity index (χ1n) is 46.3. The van der Waals surface area contributed by atoms with Gasteiger partial charge in [-0.3, -0.25) is 43.4 Å². The highest BCUT2D eigenvalue weighted by atomic mass is 32.2. The minimum absolute atomic E-state index is 0.00290. The fourth-order valence-corrected chi connectivity index (χ4v) is 17.4. The van der Waals surface area contributed by atoms with Crippen LogP contribution < -0.4 is 31.9 Å². The fourth-order valence-electron chi connectivity index (χ4n) is 15.9. The molecule has 0 aromatic heterocycles. The number of aliphatic hydroxyl groups excluding tert-OH is 2. The Morgan fingerprint density at radius 1 is 0.756 bits per heavy atom. The third kappa shape index (κ3) is 40.6. The summed E-state index contributed by atoms with van der Waals surface area (Å²) < 4.78 is 100. The molecule has 37 heteroatoms. The lowest BCUT2D eigenvalue weighted by molar-refractivity contribution is -0.167. The predicted molar refractivity (Wildman–Crippen MR) is 491 cm³/mol. The number of oxime groups is 1. The van der Waals surface area contributed by atoms with Gasteiger partial charge in [-0.05, 0) is 173 Å². The molecule has 21 atom stereocenters. The molecule has 5 rings (SSSR count). The number of amides is 6. The van der Waals surface area contributed by atoms with Crippen LogP contribution in [0, 0.1) is 41.4 Å². The largest absolute Gasteiger partial charge is 0.462 e. The maximum absolute atomic E-state index is 13.9. The van der Waals surface area contributed by atoms with Gasteiger partial charge in [-0.1, -0.05) is 109 Å². The van der Waals surface area contributed by atoms with Gasteiger partial charge in [-0.15, -0.1) is 10.2 Å². The van der Waals surface area contributed by atoms with Crippen LogP contribution >= 0.6 is 11.8 Å². The predicted octanol–water partition coefficient (Wildman–Crippen LogP) is 10.6. The molecule has 0 radical (unpaired) electrons. The Morgan fingerprint density at radius 3 is 2.05 bits per heavy atom. The van der Waals surface area contributed by atoms with Gasteiger partial charge in [0, 0.05) is 133 Å². The number of carbonyl (C=O) groups is 9. The number of alkyl halides is 3. The van der Waals surface area contributed by atoms with E-state index in [0.29, 0.717) is 96.0 Å². The van der Waals surface area contributed by atoms with Gasteiger partial charge in [0.2, 0.25) is 11.8 Å². The van der Waals surface area contributed by atoms with Crippen LogP contribution in [-0.2, 0) is 91.4 Å². The summed E-state index contributed by atoms with van der Waals surface area (Å²) in [6.45, 7) is 20.8. The number of rotatable bonds is 53. The number of cyclic esters (lactones) is 1. The summed E-state index contributed by atoms with van der Waals surface area (Å²) in [4.78, 5) is 127. The molecule has 0 saturated carbocycles. The number of nitrogens with one attached hydrogen (secondary N) is 6. The van der Waals surface area contributed by atoms with Gasteiger partial charge in [0.1, 0.15) is 42.5 Å². The Morgan fingerprint density at radius 2 is 1.42 bits per heavy atom. The van der Waals surface area contributed by atoms with Crippen molar-refractivity contribution in [2.45, 2.75) is 281 Å². The Bertz CT molecular complexity index is 3800. The molecular weight excluding hydrogens is 1720 g/mol. The summed E-state index contributed by atoms with van der Waals surface area (Å²) in [7, 11) is 11.8. The number of ether oxygens (including phenoxy) is 10. The summed E-state index contributed by atoms with van der Waals surface area (Å²) in [5, 5.41) is 52.1.